The van der Waals surface area contributed by atoms with Crippen molar-refractivity contribution in [1.82, 2.24) is 4.90 Å². The Labute approximate surface area is 123 Å². The average Bonchev–Trinajstić information content (AvgIpc) is 2.48. The molecule has 21 heavy (non-hydrogen) atoms. The van der Waals surface area contributed by atoms with E-state index in [0.717, 1.165) is 13.0 Å². The quantitative estimate of drug-likeness (QED) is 0.847. The summed E-state index contributed by atoms with van der Waals surface area (Å²) in [5.74, 6) is -1.44. The van der Waals surface area contributed by atoms with E-state index in [2.05, 4.69) is 0 Å². The van der Waals surface area contributed by atoms with Crippen molar-refractivity contribution in [3.8, 4) is 0 Å². The molecule has 4 nitrogen and oxygen atoms in total. The van der Waals surface area contributed by atoms with Crippen molar-refractivity contribution in [3.63, 3.8) is 0 Å². The highest BCUT2D eigenvalue weighted by Crippen LogP contribution is 2.17. The maximum Gasteiger partial charge on any atom is 0.307 e. The number of carbonyl (C=O) groups excluding carboxylic acids is 1. The summed E-state index contributed by atoms with van der Waals surface area (Å²) < 4.78 is 13.2. The van der Waals surface area contributed by atoms with Crippen LogP contribution in [0.5, 0.6) is 0 Å². The Balaban J connectivity index is 1.88. The molecule has 1 aromatic rings. The first-order valence-electron chi connectivity index (χ1n) is 7.22. The maximum absolute atomic E-state index is 13.2. The molecule has 5 heteroatoms. The highest BCUT2D eigenvalue weighted by atomic mass is 19.1. The molecular weight excluding hydrogens is 273 g/mol. The third kappa shape index (κ3) is 4.11. The first-order chi connectivity index (χ1) is 9.97. The number of halogens is 1. The number of carboxylic acid groups (broad SMARTS) is 1. The van der Waals surface area contributed by atoms with Crippen LogP contribution in [0.2, 0.25) is 0 Å². The number of piperidine rings is 1. The zero-order valence-electron chi connectivity index (χ0n) is 12.1. The van der Waals surface area contributed by atoms with Gasteiger partial charge in [0.15, 0.2) is 5.78 Å². The van der Waals surface area contributed by atoms with Gasteiger partial charge >= 0.3 is 5.97 Å². The molecule has 1 unspecified atom stereocenters. The van der Waals surface area contributed by atoms with Gasteiger partial charge in [-0.15, -0.1) is 0 Å². The van der Waals surface area contributed by atoms with Gasteiger partial charge in [0, 0.05) is 25.1 Å². The van der Waals surface area contributed by atoms with Crippen molar-refractivity contribution in [3.05, 3.63) is 35.1 Å². The zero-order valence-corrected chi connectivity index (χ0v) is 12.1. The van der Waals surface area contributed by atoms with Crippen molar-refractivity contribution < 1.29 is 19.1 Å². The first kappa shape index (κ1) is 15.6. The van der Waals surface area contributed by atoms with Gasteiger partial charge < -0.3 is 10.0 Å². The molecule has 1 aromatic carbocycles. The monoisotopic (exact) mass is 293 g/mol. The second-order valence-electron chi connectivity index (χ2n) is 5.62. The van der Waals surface area contributed by atoms with Gasteiger partial charge in [0.25, 0.3) is 0 Å². The minimum atomic E-state index is -0.764. The standard InChI is InChI=1S/C16H20FNO3/c1-11-9-12(4-5-14(11)17)15(19)6-8-18-7-2-3-13(10-18)16(20)21/h4-5,9,13H,2-3,6-8,10H2,1H3,(H,20,21). The lowest BCUT2D eigenvalue weighted by molar-refractivity contribution is -0.143. The van der Waals surface area contributed by atoms with E-state index in [0.29, 0.717) is 37.1 Å². The number of ketones is 1. The Morgan fingerprint density at radius 1 is 1.43 bits per heavy atom. The van der Waals surface area contributed by atoms with E-state index in [-0.39, 0.29) is 17.5 Å². The smallest absolute Gasteiger partial charge is 0.307 e. The summed E-state index contributed by atoms with van der Waals surface area (Å²) in [6.45, 7) is 3.53. The van der Waals surface area contributed by atoms with Crippen LogP contribution < -0.4 is 0 Å². The molecular formula is C16H20FNO3. The summed E-state index contributed by atoms with van der Waals surface area (Å²) in [4.78, 5) is 25.1. The highest BCUT2D eigenvalue weighted by molar-refractivity contribution is 5.96. The summed E-state index contributed by atoms with van der Waals surface area (Å²) in [5, 5.41) is 9.04. The van der Waals surface area contributed by atoms with Crippen LogP contribution in [0.3, 0.4) is 0 Å². The van der Waals surface area contributed by atoms with Gasteiger partial charge in [-0.1, -0.05) is 0 Å². The summed E-state index contributed by atoms with van der Waals surface area (Å²) >= 11 is 0. The van der Waals surface area contributed by atoms with Crippen molar-refractivity contribution in [2.24, 2.45) is 5.92 Å². The molecule has 1 N–H and O–H groups in total. The fourth-order valence-electron chi connectivity index (χ4n) is 2.68. The van der Waals surface area contributed by atoms with Gasteiger partial charge in [0.2, 0.25) is 0 Å². The number of carboxylic acids is 1. The number of nitrogens with zero attached hydrogens (tertiary/aromatic N) is 1. The molecule has 0 aliphatic carbocycles. The van der Waals surface area contributed by atoms with Gasteiger partial charge in [0.05, 0.1) is 5.92 Å². The Bertz CT molecular complexity index is 544. The zero-order chi connectivity index (χ0) is 15.4. The highest BCUT2D eigenvalue weighted by Gasteiger charge is 2.25. The molecule has 1 aliphatic rings. The third-order valence-corrected chi connectivity index (χ3v) is 3.99. The Morgan fingerprint density at radius 3 is 2.86 bits per heavy atom. The molecule has 0 amide bonds. The third-order valence-electron chi connectivity index (χ3n) is 3.99. The molecule has 0 bridgehead atoms. The van der Waals surface area contributed by atoms with Gasteiger partial charge in [0.1, 0.15) is 5.82 Å². The number of benzene rings is 1. The van der Waals surface area contributed by atoms with Crippen molar-refractivity contribution >= 4 is 11.8 Å². The molecule has 1 aliphatic heterocycles. The molecule has 1 heterocycles. The molecule has 1 atom stereocenters. The summed E-state index contributed by atoms with van der Waals surface area (Å²) in [6.07, 6.45) is 1.88. The van der Waals surface area contributed by atoms with E-state index in [4.69, 9.17) is 5.11 Å². The molecule has 0 radical (unpaired) electrons. The van der Waals surface area contributed by atoms with Crippen LogP contribution in [0, 0.1) is 18.7 Å². The normalized spacial score (nSPS) is 19.4. The molecule has 0 spiro atoms. The van der Waals surface area contributed by atoms with Crippen LogP contribution in [-0.2, 0) is 4.79 Å². The van der Waals surface area contributed by atoms with E-state index in [1.165, 1.54) is 12.1 Å². The van der Waals surface area contributed by atoms with E-state index >= 15 is 0 Å². The number of rotatable bonds is 5. The average molecular weight is 293 g/mol. The van der Waals surface area contributed by atoms with Gasteiger partial charge in [-0.3, -0.25) is 9.59 Å². The van der Waals surface area contributed by atoms with E-state index in [1.807, 2.05) is 4.90 Å². The number of hydrogen-bond donors (Lipinski definition) is 1. The lowest BCUT2D eigenvalue weighted by Gasteiger charge is -2.30. The Kier molecular flexibility index (Phi) is 5.07. The minimum absolute atomic E-state index is 0.0319. The van der Waals surface area contributed by atoms with Crippen LogP contribution in [0.15, 0.2) is 18.2 Å². The number of likely N-dealkylation sites (tertiary alicyclic amines) is 1. The molecule has 0 saturated carbocycles. The Morgan fingerprint density at radius 2 is 2.19 bits per heavy atom. The van der Waals surface area contributed by atoms with Gasteiger partial charge in [-0.25, -0.2) is 4.39 Å². The van der Waals surface area contributed by atoms with E-state index < -0.39 is 5.97 Å². The number of carbonyl (C=O) groups is 2. The van der Waals surface area contributed by atoms with Crippen LogP contribution >= 0.6 is 0 Å². The maximum atomic E-state index is 13.2. The van der Waals surface area contributed by atoms with Crippen molar-refractivity contribution in [1.29, 1.82) is 0 Å². The lowest BCUT2D eigenvalue weighted by Crippen LogP contribution is -2.39. The molecule has 1 saturated heterocycles. The summed E-state index contributed by atoms with van der Waals surface area (Å²) in [7, 11) is 0. The fourth-order valence-corrected chi connectivity index (χ4v) is 2.68. The molecule has 114 valence electrons. The first-order valence-corrected chi connectivity index (χ1v) is 7.22. The van der Waals surface area contributed by atoms with Crippen LogP contribution in [0.1, 0.15) is 35.2 Å². The largest absolute Gasteiger partial charge is 0.481 e. The van der Waals surface area contributed by atoms with Gasteiger partial charge in [-0.05, 0) is 50.1 Å². The molecule has 1 fully saturated rings. The predicted molar refractivity (Wildman–Crippen MR) is 76.9 cm³/mol. The predicted octanol–water partition coefficient (Wildman–Crippen LogP) is 2.50. The van der Waals surface area contributed by atoms with Crippen LogP contribution in [0.4, 0.5) is 4.39 Å². The number of hydrogen-bond acceptors (Lipinski definition) is 3. The fraction of sp³-hybridized carbons (Fsp3) is 0.500. The number of aliphatic carboxylic acids is 1. The van der Waals surface area contributed by atoms with Gasteiger partial charge in [-0.2, -0.15) is 0 Å². The number of Topliss-reactive ketones (excluding diaryl/α,β-unsaturated/α-hetero) is 1. The van der Waals surface area contributed by atoms with Crippen molar-refractivity contribution in [2.75, 3.05) is 19.6 Å². The second-order valence-corrected chi connectivity index (χ2v) is 5.62. The Hall–Kier alpha value is -1.75. The molecule has 2 rings (SSSR count). The summed E-state index contributed by atoms with van der Waals surface area (Å²) in [5.41, 5.74) is 0.977. The van der Waals surface area contributed by atoms with Crippen LogP contribution in [0.25, 0.3) is 0 Å². The number of aryl methyl sites for hydroxylation is 1. The minimum Gasteiger partial charge on any atom is -0.481 e. The van der Waals surface area contributed by atoms with E-state index in [9.17, 15) is 14.0 Å². The topological polar surface area (TPSA) is 57.6 Å². The second kappa shape index (κ2) is 6.80. The van der Waals surface area contributed by atoms with Crippen molar-refractivity contribution in [2.45, 2.75) is 26.2 Å². The SMILES string of the molecule is Cc1cc(C(=O)CCN2CCCC(C(=O)O)C2)ccc1F. The molecule has 0 aromatic heterocycles. The van der Waals surface area contributed by atoms with E-state index in [1.54, 1.807) is 13.0 Å². The van der Waals surface area contributed by atoms with Crippen LogP contribution in [-0.4, -0.2) is 41.4 Å². The summed E-state index contributed by atoms with van der Waals surface area (Å²) in [6, 6.07) is 4.37. The lowest BCUT2D eigenvalue weighted by atomic mass is 9.97.